The van der Waals surface area contributed by atoms with Crippen LogP contribution in [0, 0.1) is 21.6 Å². The molecule has 80 valence electrons. The SMILES string of the molecule is N#CNC(=O)C=Cc1ccccc1[N+](=O)[O-]. The predicted octanol–water partition coefficient (Wildman–Crippen LogP) is 1.21. The Kier molecular flexibility index (Phi) is 3.75. The molecular weight excluding hydrogens is 210 g/mol. The van der Waals surface area contributed by atoms with E-state index in [9.17, 15) is 14.9 Å². The first-order valence-electron chi connectivity index (χ1n) is 4.25. The lowest BCUT2D eigenvalue weighted by molar-refractivity contribution is -0.385. The summed E-state index contributed by atoms with van der Waals surface area (Å²) in [4.78, 5) is 21.0. The van der Waals surface area contributed by atoms with Crippen LogP contribution in [0.3, 0.4) is 0 Å². The lowest BCUT2D eigenvalue weighted by atomic mass is 10.1. The van der Waals surface area contributed by atoms with Crippen molar-refractivity contribution in [1.82, 2.24) is 5.32 Å². The zero-order valence-electron chi connectivity index (χ0n) is 8.08. The first-order chi connectivity index (χ1) is 7.65. The Labute approximate surface area is 91.0 Å². The maximum atomic E-state index is 10.9. The molecule has 1 amide bonds. The van der Waals surface area contributed by atoms with Gasteiger partial charge in [0.05, 0.1) is 10.5 Å². The Hall–Kier alpha value is -2.68. The fourth-order valence-electron chi connectivity index (χ4n) is 1.06. The topological polar surface area (TPSA) is 96.0 Å². The van der Waals surface area contributed by atoms with E-state index in [0.29, 0.717) is 5.56 Å². The lowest BCUT2D eigenvalue weighted by Gasteiger charge is -1.95. The highest BCUT2D eigenvalue weighted by atomic mass is 16.6. The molecule has 1 aromatic rings. The summed E-state index contributed by atoms with van der Waals surface area (Å²) >= 11 is 0. The van der Waals surface area contributed by atoms with Gasteiger partial charge in [-0.15, -0.1) is 0 Å². The van der Waals surface area contributed by atoms with Gasteiger partial charge >= 0.3 is 0 Å². The quantitative estimate of drug-likeness (QED) is 0.270. The van der Waals surface area contributed by atoms with Gasteiger partial charge in [0.15, 0.2) is 6.19 Å². The van der Waals surface area contributed by atoms with Crippen LogP contribution in [-0.2, 0) is 4.79 Å². The van der Waals surface area contributed by atoms with Gasteiger partial charge in [0.2, 0.25) is 0 Å². The van der Waals surface area contributed by atoms with Crippen LogP contribution < -0.4 is 5.32 Å². The van der Waals surface area contributed by atoms with Crippen molar-refractivity contribution in [3.8, 4) is 6.19 Å². The first kappa shape index (κ1) is 11.4. The molecule has 6 nitrogen and oxygen atoms in total. The molecule has 0 aromatic heterocycles. The van der Waals surface area contributed by atoms with Crippen molar-refractivity contribution in [2.45, 2.75) is 0 Å². The minimum Gasteiger partial charge on any atom is -0.269 e. The van der Waals surface area contributed by atoms with E-state index in [1.54, 1.807) is 6.07 Å². The number of nitrogens with zero attached hydrogens (tertiary/aromatic N) is 2. The molecule has 0 saturated heterocycles. The van der Waals surface area contributed by atoms with E-state index in [0.717, 1.165) is 6.08 Å². The average molecular weight is 217 g/mol. The van der Waals surface area contributed by atoms with Crippen LogP contribution in [0.1, 0.15) is 5.56 Å². The molecule has 0 saturated carbocycles. The molecule has 0 fully saturated rings. The highest BCUT2D eigenvalue weighted by molar-refractivity contribution is 5.93. The van der Waals surface area contributed by atoms with Crippen LogP contribution in [0.2, 0.25) is 0 Å². The van der Waals surface area contributed by atoms with Crippen LogP contribution in [0.15, 0.2) is 30.3 Å². The van der Waals surface area contributed by atoms with E-state index < -0.39 is 10.8 Å². The Balaban J connectivity index is 2.94. The van der Waals surface area contributed by atoms with Gasteiger partial charge in [-0.2, -0.15) is 5.26 Å². The smallest absolute Gasteiger partial charge is 0.269 e. The standard InChI is InChI=1S/C10H7N3O3/c11-7-12-10(14)6-5-8-3-1-2-4-9(8)13(15)16/h1-6H,(H,12,14). The molecule has 0 bridgehead atoms. The molecule has 1 aromatic carbocycles. The van der Waals surface area contributed by atoms with Crippen LogP contribution in [0.25, 0.3) is 6.08 Å². The van der Waals surface area contributed by atoms with E-state index in [1.165, 1.54) is 30.5 Å². The Morgan fingerprint density at radius 3 is 2.81 bits per heavy atom. The van der Waals surface area contributed by atoms with E-state index >= 15 is 0 Å². The molecule has 0 spiro atoms. The number of nitro groups is 1. The molecule has 0 atom stereocenters. The highest BCUT2D eigenvalue weighted by Crippen LogP contribution is 2.18. The number of hydrogen-bond acceptors (Lipinski definition) is 4. The van der Waals surface area contributed by atoms with Gasteiger partial charge in [0, 0.05) is 12.1 Å². The van der Waals surface area contributed by atoms with Gasteiger partial charge in [0.1, 0.15) is 0 Å². The second kappa shape index (κ2) is 5.26. The number of nitriles is 1. The molecular formula is C10H7N3O3. The van der Waals surface area contributed by atoms with E-state index in [-0.39, 0.29) is 5.69 Å². The summed E-state index contributed by atoms with van der Waals surface area (Å²) in [5.41, 5.74) is 0.212. The number of benzene rings is 1. The molecule has 0 heterocycles. The van der Waals surface area contributed by atoms with Gasteiger partial charge in [-0.25, -0.2) is 0 Å². The molecule has 16 heavy (non-hydrogen) atoms. The summed E-state index contributed by atoms with van der Waals surface area (Å²) < 4.78 is 0. The van der Waals surface area contributed by atoms with Crippen LogP contribution in [0.5, 0.6) is 0 Å². The fourth-order valence-corrected chi connectivity index (χ4v) is 1.06. The van der Waals surface area contributed by atoms with E-state index in [4.69, 9.17) is 5.26 Å². The third-order valence-electron chi connectivity index (χ3n) is 1.73. The summed E-state index contributed by atoms with van der Waals surface area (Å²) in [6, 6.07) is 6.00. The van der Waals surface area contributed by atoms with Gasteiger partial charge in [0.25, 0.3) is 11.6 Å². The number of nitrogens with one attached hydrogen (secondary N) is 1. The van der Waals surface area contributed by atoms with Crippen LogP contribution in [-0.4, -0.2) is 10.8 Å². The predicted molar refractivity (Wildman–Crippen MR) is 55.9 cm³/mol. The fraction of sp³-hybridized carbons (Fsp3) is 0. The maximum absolute atomic E-state index is 10.9. The Morgan fingerprint density at radius 2 is 2.19 bits per heavy atom. The molecule has 1 N–H and O–H groups in total. The normalized spacial score (nSPS) is 9.69. The van der Waals surface area contributed by atoms with Crippen molar-refractivity contribution in [3.05, 3.63) is 46.0 Å². The molecule has 0 radical (unpaired) electrons. The number of para-hydroxylation sites is 1. The zero-order chi connectivity index (χ0) is 12.0. The third kappa shape index (κ3) is 2.92. The molecule has 0 unspecified atom stereocenters. The van der Waals surface area contributed by atoms with Gasteiger partial charge < -0.3 is 0 Å². The summed E-state index contributed by atoms with van der Waals surface area (Å²) in [6.45, 7) is 0. The number of carbonyl (C=O) groups excluding carboxylic acids is 1. The third-order valence-corrected chi connectivity index (χ3v) is 1.73. The molecule has 6 heteroatoms. The summed E-state index contributed by atoms with van der Waals surface area (Å²) in [6.07, 6.45) is 3.80. The van der Waals surface area contributed by atoms with E-state index in [2.05, 4.69) is 0 Å². The number of rotatable bonds is 3. The molecule has 0 aliphatic carbocycles. The summed E-state index contributed by atoms with van der Waals surface area (Å²) in [7, 11) is 0. The van der Waals surface area contributed by atoms with Crippen molar-refractivity contribution >= 4 is 17.7 Å². The lowest BCUT2D eigenvalue weighted by Crippen LogP contribution is -2.13. The van der Waals surface area contributed by atoms with Crippen LogP contribution >= 0.6 is 0 Å². The maximum Gasteiger partial charge on any atom is 0.276 e. The first-order valence-corrected chi connectivity index (χ1v) is 4.25. The van der Waals surface area contributed by atoms with Crippen molar-refractivity contribution in [3.63, 3.8) is 0 Å². The number of nitro benzene ring substituents is 1. The number of amides is 1. The number of carbonyl (C=O) groups is 1. The van der Waals surface area contributed by atoms with Gasteiger partial charge in [-0.05, 0) is 12.1 Å². The second-order valence-electron chi connectivity index (χ2n) is 2.75. The van der Waals surface area contributed by atoms with Crippen LogP contribution in [0.4, 0.5) is 5.69 Å². The Morgan fingerprint density at radius 1 is 1.50 bits per heavy atom. The summed E-state index contributed by atoms with van der Waals surface area (Å²) in [5, 5.41) is 20.6. The van der Waals surface area contributed by atoms with Gasteiger partial charge in [-0.3, -0.25) is 20.2 Å². The minimum atomic E-state index is -0.624. The highest BCUT2D eigenvalue weighted by Gasteiger charge is 2.09. The summed E-state index contributed by atoms with van der Waals surface area (Å²) in [5.74, 6) is -0.624. The molecule has 0 aliphatic heterocycles. The van der Waals surface area contributed by atoms with E-state index in [1.807, 2.05) is 5.32 Å². The molecule has 1 rings (SSSR count). The van der Waals surface area contributed by atoms with Gasteiger partial charge in [-0.1, -0.05) is 12.1 Å². The van der Waals surface area contributed by atoms with Crippen molar-refractivity contribution < 1.29 is 9.72 Å². The zero-order valence-corrected chi connectivity index (χ0v) is 8.08. The van der Waals surface area contributed by atoms with Crippen molar-refractivity contribution in [2.24, 2.45) is 0 Å². The van der Waals surface area contributed by atoms with Crippen molar-refractivity contribution in [1.29, 1.82) is 5.26 Å². The Bertz CT molecular complexity index is 488. The van der Waals surface area contributed by atoms with Crippen molar-refractivity contribution in [2.75, 3.05) is 0 Å². The molecule has 0 aliphatic rings. The monoisotopic (exact) mass is 217 g/mol. The second-order valence-corrected chi connectivity index (χ2v) is 2.75. The number of hydrogen-bond donors (Lipinski definition) is 1. The average Bonchev–Trinajstić information content (AvgIpc) is 2.27. The minimum absolute atomic E-state index is 0.0940. The largest absolute Gasteiger partial charge is 0.276 e.